The first kappa shape index (κ1) is 15.0. The minimum Gasteiger partial charge on any atom is -0.376 e. The molecule has 2 amide bonds. The zero-order valence-electron chi connectivity index (χ0n) is 11.8. The monoisotopic (exact) mass is 296 g/mol. The van der Waals surface area contributed by atoms with E-state index in [9.17, 15) is 9.59 Å². The number of primary amides is 1. The van der Waals surface area contributed by atoms with Crippen LogP contribution in [0, 0.1) is 5.92 Å². The molecule has 0 saturated carbocycles. The highest BCUT2D eigenvalue weighted by Crippen LogP contribution is 2.36. The normalized spacial score (nSPS) is 14.2. The van der Waals surface area contributed by atoms with Gasteiger partial charge < -0.3 is 15.8 Å². The van der Waals surface area contributed by atoms with Crippen molar-refractivity contribution in [1.29, 1.82) is 0 Å². The lowest BCUT2D eigenvalue weighted by molar-refractivity contribution is -0.120. The third-order valence-electron chi connectivity index (χ3n) is 3.66. The molecule has 0 atom stereocenters. The van der Waals surface area contributed by atoms with Crippen molar-refractivity contribution in [2.75, 3.05) is 11.9 Å². The second-order valence-electron chi connectivity index (χ2n) is 4.88. The Bertz CT molecular complexity index is 521. The highest BCUT2D eigenvalue weighted by atomic mass is 32.1. The Kier molecular flexibility index (Phi) is 4.77. The Morgan fingerprint density at radius 3 is 2.70 bits per heavy atom. The topological polar surface area (TPSA) is 81.4 Å². The molecule has 1 aliphatic heterocycles. The standard InChI is InChI=1S/C14H20N2O3S/c1-3-8(4-2)13(18)16-14-11(12(15)17)9-5-6-19-7-10(9)20-14/h8H,3-7H2,1-2H3,(H2,15,17)(H,16,18). The van der Waals surface area contributed by atoms with E-state index in [-0.39, 0.29) is 11.8 Å². The van der Waals surface area contributed by atoms with Gasteiger partial charge in [0.1, 0.15) is 5.00 Å². The highest BCUT2D eigenvalue weighted by molar-refractivity contribution is 7.17. The van der Waals surface area contributed by atoms with Crippen molar-refractivity contribution in [1.82, 2.24) is 0 Å². The van der Waals surface area contributed by atoms with Gasteiger partial charge in [0.15, 0.2) is 0 Å². The predicted octanol–water partition coefficient (Wildman–Crippen LogP) is 2.29. The summed E-state index contributed by atoms with van der Waals surface area (Å²) < 4.78 is 5.38. The van der Waals surface area contributed by atoms with Crippen LogP contribution in [0.15, 0.2) is 0 Å². The van der Waals surface area contributed by atoms with Gasteiger partial charge in [-0.1, -0.05) is 13.8 Å². The molecule has 6 heteroatoms. The molecule has 0 saturated heterocycles. The maximum Gasteiger partial charge on any atom is 0.251 e. The van der Waals surface area contributed by atoms with Gasteiger partial charge in [-0.2, -0.15) is 0 Å². The van der Waals surface area contributed by atoms with E-state index in [0.29, 0.717) is 30.2 Å². The average molecular weight is 296 g/mol. The number of hydrogen-bond acceptors (Lipinski definition) is 4. The Hall–Kier alpha value is -1.40. The number of fused-ring (bicyclic) bond motifs is 1. The third-order valence-corrected chi connectivity index (χ3v) is 4.78. The molecule has 3 N–H and O–H groups in total. The van der Waals surface area contributed by atoms with Crippen LogP contribution >= 0.6 is 11.3 Å². The second kappa shape index (κ2) is 6.37. The summed E-state index contributed by atoms with van der Waals surface area (Å²) >= 11 is 1.40. The predicted molar refractivity (Wildman–Crippen MR) is 78.9 cm³/mol. The highest BCUT2D eigenvalue weighted by Gasteiger charge is 2.26. The van der Waals surface area contributed by atoms with Gasteiger partial charge in [-0.05, 0) is 24.8 Å². The van der Waals surface area contributed by atoms with Crippen LogP contribution in [0.1, 0.15) is 47.5 Å². The van der Waals surface area contributed by atoms with Crippen LogP contribution in [-0.2, 0) is 22.6 Å². The summed E-state index contributed by atoms with van der Waals surface area (Å²) in [6.07, 6.45) is 2.23. The lowest BCUT2D eigenvalue weighted by Crippen LogP contribution is -2.23. The van der Waals surface area contributed by atoms with Gasteiger partial charge in [-0.3, -0.25) is 9.59 Å². The quantitative estimate of drug-likeness (QED) is 0.874. The number of nitrogens with two attached hydrogens (primary N) is 1. The minimum atomic E-state index is -0.482. The summed E-state index contributed by atoms with van der Waals surface area (Å²) in [7, 11) is 0. The zero-order chi connectivity index (χ0) is 14.7. The largest absolute Gasteiger partial charge is 0.376 e. The summed E-state index contributed by atoms with van der Waals surface area (Å²) in [6, 6.07) is 0. The van der Waals surface area contributed by atoms with Crippen molar-refractivity contribution >= 4 is 28.2 Å². The lowest BCUT2D eigenvalue weighted by atomic mass is 10.0. The van der Waals surface area contributed by atoms with Crippen molar-refractivity contribution in [2.24, 2.45) is 11.7 Å². The number of thiophene rings is 1. The first-order valence-corrected chi connectivity index (χ1v) is 7.73. The van der Waals surface area contributed by atoms with E-state index in [1.807, 2.05) is 13.8 Å². The molecule has 5 nitrogen and oxygen atoms in total. The van der Waals surface area contributed by atoms with Gasteiger partial charge in [-0.15, -0.1) is 11.3 Å². The van der Waals surface area contributed by atoms with Crippen LogP contribution in [0.3, 0.4) is 0 Å². The number of rotatable bonds is 5. The average Bonchev–Trinajstić information content (AvgIpc) is 2.77. The fraction of sp³-hybridized carbons (Fsp3) is 0.571. The zero-order valence-corrected chi connectivity index (χ0v) is 12.6. The fourth-order valence-electron chi connectivity index (χ4n) is 2.45. The third kappa shape index (κ3) is 2.86. The summed E-state index contributed by atoms with van der Waals surface area (Å²) in [6.45, 7) is 5.04. The second-order valence-corrected chi connectivity index (χ2v) is 5.98. The SMILES string of the molecule is CCC(CC)C(=O)Nc1sc2c(c1C(N)=O)CCOC2. The van der Waals surface area contributed by atoms with Gasteiger partial charge in [0, 0.05) is 10.8 Å². The van der Waals surface area contributed by atoms with Crippen molar-refractivity contribution in [3.05, 3.63) is 16.0 Å². The molecule has 0 spiro atoms. The van der Waals surface area contributed by atoms with Crippen molar-refractivity contribution < 1.29 is 14.3 Å². The number of amides is 2. The fourth-order valence-corrected chi connectivity index (χ4v) is 3.65. The summed E-state index contributed by atoms with van der Waals surface area (Å²) in [5, 5.41) is 3.45. The van der Waals surface area contributed by atoms with Gasteiger partial charge in [0.25, 0.3) is 5.91 Å². The molecule has 110 valence electrons. The number of nitrogens with one attached hydrogen (secondary N) is 1. The Balaban J connectivity index is 2.29. The molecular weight excluding hydrogens is 276 g/mol. The van der Waals surface area contributed by atoms with E-state index in [0.717, 1.165) is 23.3 Å². The molecule has 1 aromatic heterocycles. The number of anilines is 1. The number of hydrogen-bond donors (Lipinski definition) is 2. The van der Waals surface area contributed by atoms with Gasteiger partial charge in [0.2, 0.25) is 5.91 Å². The first-order chi connectivity index (χ1) is 9.58. The Morgan fingerprint density at radius 1 is 1.40 bits per heavy atom. The molecule has 20 heavy (non-hydrogen) atoms. The molecule has 0 unspecified atom stereocenters. The van der Waals surface area contributed by atoms with E-state index in [4.69, 9.17) is 10.5 Å². The van der Waals surface area contributed by atoms with Crippen LogP contribution in [0.5, 0.6) is 0 Å². The van der Waals surface area contributed by atoms with Crippen LogP contribution in [0.25, 0.3) is 0 Å². The Labute approximate surface area is 122 Å². The summed E-state index contributed by atoms with van der Waals surface area (Å²) in [4.78, 5) is 24.8. The molecule has 1 aromatic rings. The molecular formula is C14H20N2O3S. The molecule has 0 aromatic carbocycles. The van der Waals surface area contributed by atoms with Crippen molar-refractivity contribution in [2.45, 2.75) is 39.7 Å². The molecule has 0 radical (unpaired) electrons. The van der Waals surface area contributed by atoms with Crippen LogP contribution in [-0.4, -0.2) is 18.4 Å². The molecule has 2 heterocycles. The van der Waals surface area contributed by atoms with E-state index in [1.165, 1.54) is 11.3 Å². The van der Waals surface area contributed by atoms with Gasteiger partial charge in [-0.25, -0.2) is 0 Å². The molecule has 0 fully saturated rings. The molecule has 0 bridgehead atoms. The molecule has 2 rings (SSSR count). The van der Waals surface area contributed by atoms with Crippen molar-refractivity contribution in [3.63, 3.8) is 0 Å². The van der Waals surface area contributed by atoms with Crippen LogP contribution < -0.4 is 11.1 Å². The van der Waals surface area contributed by atoms with Crippen LogP contribution in [0.4, 0.5) is 5.00 Å². The summed E-state index contributed by atoms with van der Waals surface area (Å²) in [5.41, 5.74) is 6.88. The maximum atomic E-state index is 12.2. The number of ether oxygens (including phenoxy) is 1. The van der Waals surface area contributed by atoms with Gasteiger partial charge in [0.05, 0.1) is 18.8 Å². The maximum absolute atomic E-state index is 12.2. The van der Waals surface area contributed by atoms with E-state index in [2.05, 4.69) is 5.32 Å². The van der Waals surface area contributed by atoms with E-state index in [1.54, 1.807) is 0 Å². The lowest BCUT2D eigenvalue weighted by Gasteiger charge is -2.13. The number of carbonyl (C=O) groups is 2. The first-order valence-electron chi connectivity index (χ1n) is 6.91. The van der Waals surface area contributed by atoms with E-state index < -0.39 is 5.91 Å². The van der Waals surface area contributed by atoms with Crippen LogP contribution in [0.2, 0.25) is 0 Å². The smallest absolute Gasteiger partial charge is 0.251 e. The number of carbonyl (C=O) groups excluding carboxylic acids is 2. The molecule has 1 aliphatic rings. The Morgan fingerprint density at radius 2 is 2.10 bits per heavy atom. The van der Waals surface area contributed by atoms with Crippen molar-refractivity contribution in [3.8, 4) is 0 Å². The van der Waals surface area contributed by atoms with E-state index >= 15 is 0 Å². The van der Waals surface area contributed by atoms with Gasteiger partial charge >= 0.3 is 0 Å². The minimum absolute atomic E-state index is 0.0360. The molecule has 0 aliphatic carbocycles. The summed E-state index contributed by atoms with van der Waals surface area (Å²) in [5.74, 6) is -0.563.